The lowest BCUT2D eigenvalue weighted by molar-refractivity contribution is 0.0697. The van der Waals surface area contributed by atoms with Crippen molar-refractivity contribution < 1.29 is 14.3 Å². The molecule has 2 nitrogen and oxygen atoms in total. The molecule has 0 aliphatic heterocycles. The Labute approximate surface area is 80.2 Å². The zero-order valence-corrected chi connectivity index (χ0v) is 8.49. The third-order valence-corrected chi connectivity index (χ3v) is 3.87. The zero-order chi connectivity index (χ0) is 8.59. The van der Waals surface area contributed by atoms with Gasteiger partial charge in [-0.1, -0.05) is 0 Å². The van der Waals surface area contributed by atoms with Gasteiger partial charge in [-0.2, -0.15) is 0 Å². The molecule has 0 atom stereocenters. The molecule has 0 saturated carbocycles. The summed E-state index contributed by atoms with van der Waals surface area (Å²) < 4.78 is 13.3. The van der Waals surface area contributed by atoms with Crippen molar-refractivity contribution in [2.75, 3.05) is 0 Å². The summed E-state index contributed by atoms with van der Waals surface area (Å²) in [7, 11) is 0. The molecule has 0 radical (unpaired) electrons. The van der Waals surface area contributed by atoms with Crippen LogP contribution in [0.4, 0.5) is 4.39 Å². The van der Waals surface area contributed by atoms with E-state index >= 15 is 0 Å². The van der Waals surface area contributed by atoms with Gasteiger partial charge in [0, 0.05) is 4.88 Å². The first kappa shape index (κ1) is 8.92. The fraction of sp³-hybridized carbons (Fsp3) is 0.167. The summed E-state index contributed by atoms with van der Waals surface area (Å²) in [5.74, 6) is -1.81. The second-order valence-corrected chi connectivity index (χ2v) is 4.22. The summed E-state index contributed by atoms with van der Waals surface area (Å²) in [5, 5.41) is 8.47. The number of rotatable bonds is 1. The van der Waals surface area contributed by atoms with E-state index < -0.39 is 11.8 Å². The van der Waals surface area contributed by atoms with Gasteiger partial charge < -0.3 is 5.11 Å². The van der Waals surface area contributed by atoms with Crippen LogP contribution >= 0.6 is 33.9 Å². The van der Waals surface area contributed by atoms with Gasteiger partial charge in [0.15, 0.2) is 5.82 Å². The SMILES string of the molecule is Cc1sc(C(=O)O)c(F)c1I. The van der Waals surface area contributed by atoms with Crippen LogP contribution < -0.4 is 0 Å². The molecule has 0 aliphatic rings. The molecule has 0 saturated heterocycles. The van der Waals surface area contributed by atoms with Crippen molar-refractivity contribution in [1.29, 1.82) is 0 Å². The number of aromatic carboxylic acids is 1. The summed E-state index contributed by atoms with van der Waals surface area (Å²) in [6, 6.07) is 0. The number of carboxylic acids is 1. The van der Waals surface area contributed by atoms with Crippen molar-refractivity contribution in [3.8, 4) is 0 Å². The molecule has 0 unspecified atom stereocenters. The molecule has 0 fully saturated rings. The number of carbonyl (C=O) groups is 1. The molecule has 0 amide bonds. The maximum absolute atomic E-state index is 12.9. The van der Waals surface area contributed by atoms with Crippen molar-refractivity contribution in [2.45, 2.75) is 6.92 Å². The minimum atomic E-state index is -1.20. The van der Waals surface area contributed by atoms with Gasteiger partial charge in [0.2, 0.25) is 0 Å². The molecule has 1 aromatic rings. The average molecular weight is 286 g/mol. The molecule has 1 heterocycles. The summed E-state index contributed by atoms with van der Waals surface area (Å²) in [6.07, 6.45) is 0. The van der Waals surface area contributed by atoms with Crippen LogP contribution in [0.5, 0.6) is 0 Å². The smallest absolute Gasteiger partial charge is 0.348 e. The average Bonchev–Trinajstić information content (AvgIpc) is 2.17. The second-order valence-electron chi connectivity index (χ2n) is 1.92. The normalized spacial score (nSPS) is 10.1. The van der Waals surface area contributed by atoms with Crippen LogP contribution in [0.3, 0.4) is 0 Å². The van der Waals surface area contributed by atoms with E-state index in [1.54, 1.807) is 29.5 Å². The van der Waals surface area contributed by atoms with Crippen molar-refractivity contribution in [3.63, 3.8) is 0 Å². The monoisotopic (exact) mass is 286 g/mol. The van der Waals surface area contributed by atoms with Crippen LogP contribution in [0.2, 0.25) is 0 Å². The maximum atomic E-state index is 12.9. The van der Waals surface area contributed by atoms with Crippen molar-refractivity contribution in [2.24, 2.45) is 0 Å². The van der Waals surface area contributed by atoms with Crippen LogP contribution in [0, 0.1) is 16.3 Å². The quantitative estimate of drug-likeness (QED) is 0.805. The van der Waals surface area contributed by atoms with E-state index in [9.17, 15) is 9.18 Å². The van der Waals surface area contributed by atoms with Gasteiger partial charge in [-0.3, -0.25) is 0 Å². The van der Waals surface area contributed by atoms with Gasteiger partial charge >= 0.3 is 5.97 Å². The van der Waals surface area contributed by atoms with Gasteiger partial charge in [0.1, 0.15) is 4.88 Å². The van der Waals surface area contributed by atoms with Gasteiger partial charge in [0.25, 0.3) is 0 Å². The third-order valence-electron chi connectivity index (χ3n) is 1.15. The second kappa shape index (κ2) is 3.06. The Balaban J connectivity index is 3.29. The summed E-state index contributed by atoms with van der Waals surface area (Å²) in [6.45, 7) is 1.70. The number of thiophene rings is 1. The summed E-state index contributed by atoms with van der Waals surface area (Å²) in [5.41, 5.74) is 0. The first-order chi connectivity index (χ1) is 5.04. The van der Waals surface area contributed by atoms with E-state index in [0.29, 0.717) is 8.45 Å². The van der Waals surface area contributed by atoms with Crippen LogP contribution in [-0.2, 0) is 0 Å². The molecule has 1 aromatic heterocycles. The minimum absolute atomic E-state index is 0.202. The fourth-order valence-electron chi connectivity index (χ4n) is 0.634. The highest BCUT2D eigenvalue weighted by atomic mass is 127. The largest absolute Gasteiger partial charge is 0.477 e. The van der Waals surface area contributed by atoms with Crippen molar-refractivity contribution >= 4 is 39.9 Å². The van der Waals surface area contributed by atoms with Gasteiger partial charge in [0.05, 0.1) is 3.57 Å². The number of hydrogen-bond donors (Lipinski definition) is 1. The summed E-state index contributed by atoms with van der Waals surface area (Å²) >= 11 is 2.76. The van der Waals surface area contributed by atoms with E-state index in [-0.39, 0.29) is 4.88 Å². The Morgan fingerprint density at radius 1 is 1.73 bits per heavy atom. The molecule has 1 N–H and O–H groups in total. The molecular weight excluding hydrogens is 282 g/mol. The highest BCUT2D eigenvalue weighted by Crippen LogP contribution is 2.27. The third kappa shape index (κ3) is 1.53. The Hall–Kier alpha value is -0.170. The first-order valence-electron chi connectivity index (χ1n) is 2.71. The highest BCUT2D eigenvalue weighted by Gasteiger charge is 2.18. The Bertz CT molecular complexity index is 308. The van der Waals surface area contributed by atoms with Crippen LogP contribution in [-0.4, -0.2) is 11.1 Å². The molecule has 60 valence electrons. The molecule has 0 aromatic carbocycles. The Morgan fingerprint density at radius 2 is 2.27 bits per heavy atom. The van der Waals surface area contributed by atoms with Gasteiger partial charge in [-0.15, -0.1) is 11.3 Å². The minimum Gasteiger partial charge on any atom is -0.477 e. The maximum Gasteiger partial charge on any atom is 0.348 e. The zero-order valence-electron chi connectivity index (χ0n) is 5.52. The summed E-state index contributed by atoms with van der Waals surface area (Å²) in [4.78, 5) is 10.9. The standard InChI is InChI=1S/C6H4FIO2S/c1-2-4(8)3(7)5(11-2)6(9)10/h1H3,(H,9,10). The molecule has 5 heteroatoms. The highest BCUT2D eigenvalue weighted by molar-refractivity contribution is 14.1. The predicted octanol–water partition coefficient (Wildman–Crippen LogP) is 2.50. The number of aryl methyl sites for hydroxylation is 1. The molecule has 0 spiro atoms. The van der Waals surface area contributed by atoms with E-state index in [1.165, 1.54) is 0 Å². The predicted molar refractivity (Wildman–Crippen MR) is 48.7 cm³/mol. The van der Waals surface area contributed by atoms with Crippen LogP contribution in [0.15, 0.2) is 0 Å². The van der Waals surface area contributed by atoms with Gasteiger partial charge in [-0.25, -0.2) is 9.18 Å². The van der Waals surface area contributed by atoms with Crippen molar-refractivity contribution in [3.05, 3.63) is 19.1 Å². The topological polar surface area (TPSA) is 37.3 Å². The lowest BCUT2D eigenvalue weighted by Crippen LogP contribution is -1.95. The lowest BCUT2D eigenvalue weighted by Gasteiger charge is -1.85. The fourth-order valence-corrected chi connectivity index (χ4v) is 2.18. The van der Waals surface area contributed by atoms with Crippen molar-refractivity contribution in [1.82, 2.24) is 0 Å². The van der Waals surface area contributed by atoms with E-state index in [0.717, 1.165) is 11.3 Å². The van der Waals surface area contributed by atoms with E-state index in [4.69, 9.17) is 5.11 Å². The van der Waals surface area contributed by atoms with Crippen LogP contribution in [0.1, 0.15) is 14.5 Å². The number of hydrogen-bond acceptors (Lipinski definition) is 2. The molecule has 0 bridgehead atoms. The molecule has 0 aliphatic carbocycles. The van der Waals surface area contributed by atoms with E-state index in [1.807, 2.05) is 0 Å². The Morgan fingerprint density at radius 3 is 2.45 bits per heavy atom. The first-order valence-corrected chi connectivity index (χ1v) is 4.61. The van der Waals surface area contributed by atoms with Crippen LogP contribution in [0.25, 0.3) is 0 Å². The number of carboxylic acid groups (broad SMARTS) is 1. The molecular formula is C6H4FIO2S. The van der Waals surface area contributed by atoms with E-state index in [2.05, 4.69) is 0 Å². The molecule has 1 rings (SSSR count). The Kier molecular flexibility index (Phi) is 2.48. The number of halogens is 2. The molecule has 11 heavy (non-hydrogen) atoms. The van der Waals surface area contributed by atoms with Gasteiger partial charge in [-0.05, 0) is 29.5 Å². The lowest BCUT2D eigenvalue weighted by atomic mass is 10.4.